The Morgan fingerprint density at radius 1 is 1.38 bits per heavy atom. The van der Waals surface area contributed by atoms with Crippen molar-refractivity contribution in [1.82, 2.24) is 0 Å². The van der Waals surface area contributed by atoms with Crippen molar-refractivity contribution in [1.29, 1.82) is 0 Å². The molecule has 1 aromatic carbocycles. The van der Waals surface area contributed by atoms with E-state index in [4.69, 9.17) is 5.73 Å². The Kier molecular flexibility index (Phi) is 3.94. The molecule has 0 bridgehead atoms. The second-order valence-corrected chi connectivity index (χ2v) is 5.56. The minimum atomic E-state index is -5.16. The van der Waals surface area contributed by atoms with E-state index in [-0.39, 0.29) is 0 Å². The summed E-state index contributed by atoms with van der Waals surface area (Å²) in [4.78, 5) is 13.4. The number of benzene rings is 1. The van der Waals surface area contributed by atoms with Gasteiger partial charge >= 0.3 is 6.18 Å². The molecule has 6 nitrogen and oxygen atoms in total. The van der Waals surface area contributed by atoms with Crippen molar-refractivity contribution in [3.8, 4) is 0 Å². The van der Waals surface area contributed by atoms with Gasteiger partial charge in [0.2, 0.25) is 6.10 Å². The fourth-order valence-corrected chi connectivity index (χ4v) is 2.54. The van der Waals surface area contributed by atoms with Gasteiger partial charge in [0.1, 0.15) is 11.4 Å². The van der Waals surface area contributed by atoms with Crippen LogP contribution < -0.4 is 5.73 Å². The number of nitro groups is 1. The van der Waals surface area contributed by atoms with E-state index in [0.29, 0.717) is 19.1 Å². The Morgan fingerprint density at radius 3 is 2.46 bits per heavy atom. The lowest BCUT2D eigenvalue weighted by atomic mass is 9.74. The van der Waals surface area contributed by atoms with Crippen molar-refractivity contribution >= 4 is 11.7 Å². The number of amidine groups is 1. The summed E-state index contributed by atoms with van der Waals surface area (Å²) in [5, 5.41) is 10.8. The normalized spacial score (nSPS) is 30.5. The maximum atomic E-state index is 15.1. The quantitative estimate of drug-likeness (QED) is 0.503. The maximum absolute atomic E-state index is 15.1. The topological polar surface area (TPSA) is 90.8 Å². The van der Waals surface area contributed by atoms with Crippen LogP contribution in [0, 0.1) is 15.9 Å². The standard InChI is InChI=1S/C13H12F5N3O3/c1-11(15)9(13(16,17)18)24-10(19)20-12(11,2)7-5-6(21(22)23)3-4-8(7)14/h3-5,9H,1-2H3,(H2,19,20)/t9-,11+,12-/m1/s1. The molecule has 0 saturated carbocycles. The number of rotatable bonds is 2. The summed E-state index contributed by atoms with van der Waals surface area (Å²) in [5.74, 6) is -1.16. The van der Waals surface area contributed by atoms with Crippen LogP contribution in [0.4, 0.5) is 27.6 Å². The van der Waals surface area contributed by atoms with E-state index >= 15 is 4.39 Å². The zero-order chi connectivity index (χ0) is 18.5. The van der Waals surface area contributed by atoms with Crippen LogP contribution in [0.3, 0.4) is 0 Å². The van der Waals surface area contributed by atoms with E-state index in [2.05, 4.69) is 9.73 Å². The van der Waals surface area contributed by atoms with Gasteiger partial charge in [0.05, 0.1) is 4.92 Å². The molecule has 1 heterocycles. The number of ether oxygens (including phenoxy) is 1. The molecule has 0 fully saturated rings. The van der Waals surface area contributed by atoms with Crippen LogP contribution in [-0.2, 0) is 10.3 Å². The molecule has 24 heavy (non-hydrogen) atoms. The van der Waals surface area contributed by atoms with Gasteiger partial charge < -0.3 is 10.5 Å². The number of hydrogen-bond donors (Lipinski definition) is 1. The van der Waals surface area contributed by atoms with E-state index in [1.807, 2.05) is 0 Å². The van der Waals surface area contributed by atoms with E-state index in [0.717, 1.165) is 13.0 Å². The lowest BCUT2D eigenvalue weighted by Crippen LogP contribution is -2.62. The summed E-state index contributed by atoms with van der Waals surface area (Å²) in [7, 11) is 0. The van der Waals surface area contributed by atoms with Crippen LogP contribution in [0.2, 0.25) is 0 Å². The maximum Gasteiger partial charge on any atom is 0.428 e. The molecule has 132 valence electrons. The predicted octanol–water partition coefficient (Wildman–Crippen LogP) is 2.95. The fraction of sp³-hybridized carbons (Fsp3) is 0.462. The largest absolute Gasteiger partial charge is 0.449 e. The zero-order valence-electron chi connectivity index (χ0n) is 12.4. The second-order valence-electron chi connectivity index (χ2n) is 5.56. The summed E-state index contributed by atoms with van der Waals surface area (Å²) < 4.78 is 72.8. The van der Waals surface area contributed by atoms with E-state index in [1.54, 1.807) is 0 Å². The van der Waals surface area contributed by atoms with Gasteiger partial charge in [0.25, 0.3) is 11.7 Å². The summed E-state index contributed by atoms with van der Waals surface area (Å²) >= 11 is 0. The smallest absolute Gasteiger partial charge is 0.428 e. The Hall–Kier alpha value is -2.46. The molecule has 2 N–H and O–H groups in total. The first kappa shape index (κ1) is 17.9. The van der Waals surface area contributed by atoms with Crippen LogP contribution in [0.15, 0.2) is 23.2 Å². The molecule has 0 spiro atoms. The van der Waals surface area contributed by atoms with Crippen LogP contribution in [0.5, 0.6) is 0 Å². The Morgan fingerprint density at radius 2 is 1.96 bits per heavy atom. The van der Waals surface area contributed by atoms with Crippen molar-refractivity contribution in [2.24, 2.45) is 10.7 Å². The summed E-state index contributed by atoms with van der Waals surface area (Å²) in [6, 6.07) is 1.08. The highest BCUT2D eigenvalue weighted by Crippen LogP contribution is 2.50. The Bertz CT molecular complexity index is 719. The third-order valence-corrected chi connectivity index (χ3v) is 4.00. The van der Waals surface area contributed by atoms with E-state index in [9.17, 15) is 27.7 Å². The predicted molar refractivity (Wildman–Crippen MR) is 72.5 cm³/mol. The lowest BCUT2D eigenvalue weighted by Gasteiger charge is -2.45. The van der Waals surface area contributed by atoms with Crippen LogP contribution in [0.25, 0.3) is 0 Å². The van der Waals surface area contributed by atoms with Crippen LogP contribution >= 0.6 is 0 Å². The van der Waals surface area contributed by atoms with Crippen LogP contribution in [0.1, 0.15) is 19.4 Å². The van der Waals surface area contributed by atoms with E-state index in [1.165, 1.54) is 0 Å². The lowest BCUT2D eigenvalue weighted by molar-refractivity contribution is -0.385. The molecule has 0 saturated heterocycles. The SMILES string of the molecule is C[C@]1(F)[C@H](C(F)(F)F)OC(N)=N[C@]1(C)c1cc([N+](=O)[O-])ccc1F. The van der Waals surface area contributed by atoms with Crippen molar-refractivity contribution in [3.63, 3.8) is 0 Å². The molecule has 0 amide bonds. The molecular formula is C13H12F5N3O3. The Labute approximate surface area is 132 Å². The monoisotopic (exact) mass is 353 g/mol. The highest BCUT2D eigenvalue weighted by molar-refractivity contribution is 5.74. The molecule has 0 aromatic heterocycles. The zero-order valence-corrected chi connectivity index (χ0v) is 12.4. The molecule has 0 radical (unpaired) electrons. The minimum absolute atomic E-state index is 0.527. The number of alkyl halides is 4. The number of nitrogens with two attached hydrogens (primary N) is 1. The fourth-order valence-electron chi connectivity index (χ4n) is 2.54. The summed E-state index contributed by atoms with van der Waals surface area (Å²) in [5.41, 5.74) is -1.94. The van der Waals surface area contributed by atoms with Gasteiger partial charge in [-0.2, -0.15) is 13.2 Å². The number of non-ortho nitro benzene ring substituents is 1. The van der Waals surface area contributed by atoms with Gasteiger partial charge in [-0.25, -0.2) is 13.8 Å². The van der Waals surface area contributed by atoms with Gasteiger partial charge in [-0.1, -0.05) is 0 Å². The number of aliphatic imine (C=N–C) groups is 1. The summed E-state index contributed by atoms with van der Waals surface area (Å²) in [6.07, 6.45) is -8.19. The highest BCUT2D eigenvalue weighted by Gasteiger charge is 2.66. The number of nitrogens with zero attached hydrogens (tertiary/aromatic N) is 2. The molecule has 3 atom stereocenters. The number of halogens is 5. The van der Waals surface area contributed by atoms with Crippen molar-refractivity contribution in [2.45, 2.75) is 37.3 Å². The van der Waals surface area contributed by atoms with Crippen molar-refractivity contribution in [2.75, 3.05) is 0 Å². The molecule has 11 heteroatoms. The third kappa shape index (κ3) is 2.63. The average molecular weight is 353 g/mol. The average Bonchev–Trinajstić information content (AvgIpc) is 2.42. The summed E-state index contributed by atoms with van der Waals surface area (Å²) in [6.45, 7) is 1.39. The molecule has 0 unspecified atom stereocenters. The molecule has 2 rings (SSSR count). The van der Waals surface area contributed by atoms with Gasteiger partial charge in [0.15, 0.2) is 5.67 Å². The second kappa shape index (κ2) is 5.28. The first-order valence-electron chi connectivity index (χ1n) is 6.52. The highest BCUT2D eigenvalue weighted by atomic mass is 19.4. The van der Waals surface area contributed by atoms with Gasteiger partial charge in [-0.05, 0) is 19.9 Å². The van der Waals surface area contributed by atoms with Crippen molar-refractivity contribution < 1.29 is 31.6 Å². The van der Waals surface area contributed by atoms with Crippen LogP contribution in [-0.4, -0.2) is 28.9 Å². The minimum Gasteiger partial charge on any atom is -0.449 e. The third-order valence-electron chi connectivity index (χ3n) is 4.00. The molecule has 1 aromatic rings. The van der Waals surface area contributed by atoms with Gasteiger partial charge in [-0.3, -0.25) is 10.1 Å². The van der Waals surface area contributed by atoms with Gasteiger partial charge in [0, 0.05) is 17.7 Å². The Balaban J connectivity index is 2.73. The molecule has 1 aliphatic heterocycles. The van der Waals surface area contributed by atoms with E-state index < -0.39 is 51.5 Å². The van der Waals surface area contributed by atoms with Crippen molar-refractivity contribution in [3.05, 3.63) is 39.7 Å². The number of hydrogen-bond acceptors (Lipinski definition) is 5. The molecular weight excluding hydrogens is 341 g/mol. The molecule has 0 aliphatic carbocycles. The molecule has 1 aliphatic rings. The first-order valence-corrected chi connectivity index (χ1v) is 6.52. The number of nitro benzene ring substituents is 1. The van der Waals surface area contributed by atoms with Gasteiger partial charge in [-0.15, -0.1) is 0 Å². The first-order chi connectivity index (χ1) is 10.8.